The molecule has 0 spiro atoms. The molecule has 5 heteroatoms. The highest BCUT2D eigenvalue weighted by molar-refractivity contribution is 7.14. The molecule has 2 heterocycles. The van der Waals surface area contributed by atoms with E-state index in [9.17, 15) is 4.79 Å². The highest BCUT2D eigenvalue weighted by Gasteiger charge is 2.20. The third kappa shape index (κ3) is 3.21. The quantitative estimate of drug-likeness (QED) is 0.920. The summed E-state index contributed by atoms with van der Waals surface area (Å²) in [4.78, 5) is 14.5. The summed E-state index contributed by atoms with van der Waals surface area (Å²) in [5.41, 5.74) is 0. The maximum absolute atomic E-state index is 10.8. The summed E-state index contributed by atoms with van der Waals surface area (Å²) in [5.74, 6) is -0.240. The van der Waals surface area contributed by atoms with Crippen molar-refractivity contribution in [2.24, 2.45) is 5.92 Å². The number of carboxylic acids is 1. The Bertz CT molecular complexity index is 411. The topological polar surface area (TPSA) is 40.5 Å². The van der Waals surface area contributed by atoms with Crippen molar-refractivity contribution < 1.29 is 9.90 Å². The third-order valence-electron chi connectivity index (χ3n) is 3.28. The van der Waals surface area contributed by atoms with Crippen LogP contribution in [-0.2, 0) is 6.42 Å². The molecular formula is C12H16ClNO2S. The van der Waals surface area contributed by atoms with Crippen molar-refractivity contribution in [1.29, 1.82) is 0 Å². The van der Waals surface area contributed by atoms with Gasteiger partial charge in [0.25, 0.3) is 0 Å². The summed E-state index contributed by atoms with van der Waals surface area (Å²) in [5, 5.41) is 9.53. The van der Waals surface area contributed by atoms with Crippen molar-refractivity contribution in [3.05, 3.63) is 20.8 Å². The van der Waals surface area contributed by atoms with E-state index in [1.54, 1.807) is 6.07 Å². The summed E-state index contributed by atoms with van der Waals surface area (Å²) in [6.45, 7) is 2.25. The number of halogens is 1. The van der Waals surface area contributed by atoms with E-state index in [1.807, 2.05) is 0 Å². The molecule has 94 valence electrons. The number of thiophene rings is 1. The fraction of sp³-hybridized carbons (Fsp3) is 0.583. The van der Waals surface area contributed by atoms with Gasteiger partial charge >= 0.3 is 5.97 Å². The normalized spacial score (nSPS) is 18.5. The maximum atomic E-state index is 10.8. The number of carboxylic acid groups (broad SMARTS) is 1. The molecule has 1 fully saturated rings. The molecule has 2 rings (SSSR count). The lowest BCUT2D eigenvalue weighted by Crippen LogP contribution is -2.30. The van der Waals surface area contributed by atoms with Crippen molar-refractivity contribution in [1.82, 2.24) is 4.90 Å². The molecule has 0 aliphatic carbocycles. The Hall–Kier alpha value is -0.580. The SMILES string of the molecule is CN1CCC(Cc2sc(C(=O)O)cc2Cl)CC1. The maximum Gasteiger partial charge on any atom is 0.345 e. The lowest BCUT2D eigenvalue weighted by Gasteiger charge is -2.28. The summed E-state index contributed by atoms with van der Waals surface area (Å²) in [7, 11) is 2.14. The van der Waals surface area contributed by atoms with Crippen molar-refractivity contribution >= 4 is 28.9 Å². The highest BCUT2D eigenvalue weighted by Crippen LogP contribution is 2.31. The van der Waals surface area contributed by atoms with Gasteiger partial charge in [-0.3, -0.25) is 0 Å². The first-order valence-electron chi connectivity index (χ1n) is 5.76. The van der Waals surface area contributed by atoms with Gasteiger partial charge in [0.05, 0.1) is 5.02 Å². The summed E-state index contributed by atoms with van der Waals surface area (Å²) in [6, 6.07) is 1.57. The van der Waals surface area contributed by atoms with Gasteiger partial charge in [-0.05, 0) is 51.4 Å². The minimum atomic E-state index is -0.883. The van der Waals surface area contributed by atoms with Crippen LogP contribution in [0.4, 0.5) is 0 Å². The second kappa shape index (κ2) is 5.38. The zero-order chi connectivity index (χ0) is 12.4. The van der Waals surface area contributed by atoms with Crippen LogP contribution in [0, 0.1) is 5.92 Å². The number of piperidine rings is 1. The number of carbonyl (C=O) groups is 1. The van der Waals surface area contributed by atoms with Gasteiger partial charge in [-0.1, -0.05) is 11.6 Å². The van der Waals surface area contributed by atoms with Gasteiger partial charge in [-0.25, -0.2) is 4.79 Å². The molecule has 1 aliphatic heterocycles. The van der Waals surface area contributed by atoms with E-state index in [0.717, 1.165) is 24.4 Å². The molecule has 0 bridgehead atoms. The summed E-state index contributed by atoms with van der Waals surface area (Å²) >= 11 is 7.39. The monoisotopic (exact) mass is 273 g/mol. The van der Waals surface area contributed by atoms with Crippen LogP contribution in [0.2, 0.25) is 5.02 Å². The van der Waals surface area contributed by atoms with Crippen molar-refractivity contribution in [2.75, 3.05) is 20.1 Å². The minimum absolute atomic E-state index is 0.345. The predicted octanol–water partition coefficient (Wildman–Crippen LogP) is 2.98. The van der Waals surface area contributed by atoms with Crippen molar-refractivity contribution in [2.45, 2.75) is 19.3 Å². The molecule has 1 aliphatic rings. The lowest BCUT2D eigenvalue weighted by atomic mass is 9.93. The molecule has 0 saturated carbocycles. The van der Waals surface area contributed by atoms with Crippen LogP contribution >= 0.6 is 22.9 Å². The summed E-state index contributed by atoms with van der Waals surface area (Å²) in [6.07, 6.45) is 3.27. The van der Waals surface area contributed by atoms with Gasteiger partial charge in [0.15, 0.2) is 0 Å². The zero-order valence-electron chi connectivity index (χ0n) is 9.78. The van der Waals surface area contributed by atoms with Crippen LogP contribution in [0.3, 0.4) is 0 Å². The minimum Gasteiger partial charge on any atom is -0.477 e. The smallest absolute Gasteiger partial charge is 0.345 e. The Morgan fingerprint density at radius 2 is 2.24 bits per heavy atom. The van der Waals surface area contributed by atoms with E-state index >= 15 is 0 Å². The number of likely N-dealkylation sites (tertiary alicyclic amines) is 1. The molecule has 0 amide bonds. The third-order valence-corrected chi connectivity index (χ3v) is 4.87. The highest BCUT2D eigenvalue weighted by atomic mass is 35.5. The van der Waals surface area contributed by atoms with Crippen molar-refractivity contribution in [3.8, 4) is 0 Å². The molecule has 1 aromatic rings. The average Bonchev–Trinajstić information content (AvgIpc) is 2.64. The van der Waals surface area contributed by atoms with Gasteiger partial charge in [0.2, 0.25) is 0 Å². The van der Waals surface area contributed by atoms with Crippen LogP contribution in [0.15, 0.2) is 6.07 Å². The van der Waals surface area contributed by atoms with Gasteiger partial charge in [-0.15, -0.1) is 11.3 Å². The second-order valence-corrected chi connectivity index (χ2v) is 6.18. The largest absolute Gasteiger partial charge is 0.477 e. The molecule has 0 aromatic carbocycles. The van der Waals surface area contributed by atoms with Crippen LogP contribution in [0.1, 0.15) is 27.4 Å². The number of aromatic carboxylic acids is 1. The van der Waals surface area contributed by atoms with E-state index < -0.39 is 5.97 Å². The Kier molecular flexibility index (Phi) is 4.07. The molecule has 3 nitrogen and oxygen atoms in total. The standard InChI is InChI=1S/C12H16ClNO2S/c1-14-4-2-8(3-5-14)6-10-9(13)7-11(17-10)12(15)16/h7-8H,2-6H2,1H3,(H,15,16). The van der Waals surface area contributed by atoms with Crippen molar-refractivity contribution in [3.63, 3.8) is 0 Å². The molecular weight excluding hydrogens is 258 g/mol. The number of rotatable bonds is 3. The molecule has 1 N–H and O–H groups in total. The summed E-state index contributed by atoms with van der Waals surface area (Å²) < 4.78 is 0. The van der Waals surface area contributed by atoms with Crippen LogP contribution in [-0.4, -0.2) is 36.1 Å². The molecule has 0 radical (unpaired) electrons. The van der Waals surface area contributed by atoms with Crippen LogP contribution in [0.5, 0.6) is 0 Å². The van der Waals surface area contributed by atoms with Gasteiger partial charge in [0, 0.05) is 4.88 Å². The molecule has 0 unspecified atom stereocenters. The van der Waals surface area contributed by atoms with Gasteiger partial charge in [0.1, 0.15) is 4.88 Å². The Labute approximate surface area is 110 Å². The average molecular weight is 274 g/mol. The van der Waals surface area contributed by atoms with E-state index in [1.165, 1.54) is 24.2 Å². The fourth-order valence-corrected chi connectivity index (χ4v) is 3.55. The van der Waals surface area contributed by atoms with E-state index in [0.29, 0.717) is 15.8 Å². The number of nitrogens with zero attached hydrogens (tertiary/aromatic N) is 1. The van der Waals surface area contributed by atoms with E-state index in [-0.39, 0.29) is 0 Å². The van der Waals surface area contributed by atoms with Gasteiger partial charge < -0.3 is 10.0 Å². The second-order valence-electron chi connectivity index (χ2n) is 4.64. The van der Waals surface area contributed by atoms with E-state index in [4.69, 9.17) is 16.7 Å². The molecule has 1 aromatic heterocycles. The molecule has 0 atom stereocenters. The molecule has 1 saturated heterocycles. The van der Waals surface area contributed by atoms with Crippen LogP contribution < -0.4 is 0 Å². The first kappa shape index (κ1) is 12.9. The number of hydrogen-bond acceptors (Lipinski definition) is 3. The zero-order valence-corrected chi connectivity index (χ0v) is 11.4. The first-order chi connectivity index (χ1) is 8.06. The van der Waals surface area contributed by atoms with Crippen LogP contribution in [0.25, 0.3) is 0 Å². The lowest BCUT2D eigenvalue weighted by molar-refractivity contribution is 0.0702. The Balaban J connectivity index is 2.01. The predicted molar refractivity (Wildman–Crippen MR) is 70.2 cm³/mol. The molecule has 17 heavy (non-hydrogen) atoms. The van der Waals surface area contributed by atoms with E-state index in [2.05, 4.69) is 11.9 Å². The van der Waals surface area contributed by atoms with Gasteiger partial charge in [-0.2, -0.15) is 0 Å². The Morgan fingerprint density at radius 3 is 2.76 bits per heavy atom. The Morgan fingerprint density at radius 1 is 1.59 bits per heavy atom. The first-order valence-corrected chi connectivity index (χ1v) is 6.95. The number of hydrogen-bond donors (Lipinski definition) is 1. The fourth-order valence-electron chi connectivity index (χ4n) is 2.18.